The molecular weight excluding hydrogens is 132 g/mol. The van der Waals surface area contributed by atoms with E-state index in [-0.39, 0.29) is 0 Å². The van der Waals surface area contributed by atoms with Gasteiger partial charge in [0.2, 0.25) is 0 Å². The van der Waals surface area contributed by atoms with E-state index in [4.69, 9.17) is 14.6 Å². The van der Waals surface area contributed by atoms with Gasteiger partial charge in [0.1, 0.15) is 0 Å². The van der Waals surface area contributed by atoms with Crippen LogP contribution in [0.25, 0.3) is 0 Å². The molecule has 0 spiro atoms. The van der Waals surface area contributed by atoms with Gasteiger partial charge in [-0.1, -0.05) is 13.3 Å². The summed E-state index contributed by atoms with van der Waals surface area (Å²) in [4.78, 5) is 0. The molecule has 10 heavy (non-hydrogen) atoms. The van der Waals surface area contributed by atoms with E-state index < -0.39 is 6.48 Å². The predicted molar refractivity (Wildman–Crippen MR) is 38.5 cm³/mol. The average molecular weight is 148 g/mol. The maximum atomic E-state index is 8.83. The fourth-order valence-electron chi connectivity index (χ4n) is 0.519. The lowest BCUT2D eigenvalue weighted by molar-refractivity contribution is -0.261. The molecule has 0 fully saturated rings. The normalized spacial score (nSPS) is 13.5. The first-order valence-electron chi connectivity index (χ1n) is 3.72. The summed E-state index contributed by atoms with van der Waals surface area (Å²) in [5.74, 6) is 0. The quantitative estimate of drug-likeness (QED) is 0.453. The van der Waals surface area contributed by atoms with Gasteiger partial charge < -0.3 is 14.6 Å². The summed E-state index contributed by atoms with van der Waals surface area (Å²) in [5, 5.41) is 8.83. The van der Waals surface area contributed by atoms with Gasteiger partial charge in [-0.15, -0.1) is 0 Å². The second kappa shape index (κ2) is 6.99. The summed E-state index contributed by atoms with van der Waals surface area (Å²) >= 11 is 0. The highest BCUT2D eigenvalue weighted by Crippen LogP contribution is 1.93. The third-order valence-electron chi connectivity index (χ3n) is 1.07. The van der Waals surface area contributed by atoms with Crippen molar-refractivity contribution in [3.05, 3.63) is 0 Å². The molecule has 0 aliphatic heterocycles. The van der Waals surface area contributed by atoms with Crippen molar-refractivity contribution >= 4 is 0 Å². The lowest BCUT2D eigenvalue weighted by Crippen LogP contribution is -2.16. The Morgan fingerprint density at radius 1 is 1.30 bits per heavy atom. The Hall–Kier alpha value is -0.120. The van der Waals surface area contributed by atoms with Crippen molar-refractivity contribution < 1.29 is 14.6 Å². The first-order chi connectivity index (χ1) is 4.81. The van der Waals surface area contributed by atoms with Gasteiger partial charge in [0.05, 0.1) is 6.61 Å². The molecule has 1 N–H and O–H groups in total. The van der Waals surface area contributed by atoms with Gasteiger partial charge in [0.25, 0.3) is 6.48 Å². The molecule has 0 radical (unpaired) electrons. The minimum atomic E-state index is -1.03. The molecule has 0 bridgehead atoms. The van der Waals surface area contributed by atoms with Gasteiger partial charge in [0.15, 0.2) is 0 Å². The van der Waals surface area contributed by atoms with E-state index in [2.05, 4.69) is 6.92 Å². The van der Waals surface area contributed by atoms with Crippen LogP contribution >= 0.6 is 0 Å². The minimum Gasteiger partial charge on any atom is -0.346 e. The molecule has 3 nitrogen and oxygen atoms in total. The third kappa shape index (κ3) is 6.01. The molecular formula is C7H16O3. The predicted octanol–water partition coefficient (Wildman–Crippen LogP) is 1.12. The van der Waals surface area contributed by atoms with Crippen LogP contribution in [0.2, 0.25) is 0 Å². The van der Waals surface area contributed by atoms with E-state index in [1.165, 1.54) is 0 Å². The van der Waals surface area contributed by atoms with Crippen LogP contribution in [-0.2, 0) is 9.47 Å². The molecule has 0 saturated carbocycles. The van der Waals surface area contributed by atoms with Crippen LogP contribution in [0, 0.1) is 0 Å². The molecule has 0 aromatic carbocycles. The molecule has 0 saturated heterocycles. The number of aliphatic hydroxyl groups is 1. The maximum absolute atomic E-state index is 8.83. The summed E-state index contributed by atoms with van der Waals surface area (Å²) in [6.45, 7) is 3.89. The molecule has 0 aliphatic rings. The zero-order valence-electron chi connectivity index (χ0n) is 6.67. The molecule has 0 aromatic rings. The van der Waals surface area contributed by atoms with Gasteiger partial charge in [-0.05, 0) is 13.3 Å². The molecule has 62 valence electrons. The first kappa shape index (κ1) is 9.88. The first-order valence-corrected chi connectivity index (χ1v) is 3.72. The number of unbranched alkanes of at least 4 members (excludes halogenated alkanes) is 1. The fraction of sp³-hybridized carbons (Fsp3) is 1.00. The van der Waals surface area contributed by atoms with Crippen LogP contribution in [0.3, 0.4) is 0 Å². The number of hydrogen-bond acceptors (Lipinski definition) is 3. The number of hydrogen-bond donors (Lipinski definition) is 1. The number of ether oxygens (including phenoxy) is 2. The molecule has 0 aromatic heterocycles. The molecule has 0 aliphatic carbocycles. The topological polar surface area (TPSA) is 38.7 Å². The van der Waals surface area contributed by atoms with E-state index in [1.807, 2.05) is 6.92 Å². The molecule has 3 heteroatoms. The monoisotopic (exact) mass is 148 g/mol. The molecule has 1 unspecified atom stereocenters. The van der Waals surface area contributed by atoms with Gasteiger partial charge in [-0.3, -0.25) is 0 Å². The molecule has 0 rings (SSSR count). The molecule has 0 amide bonds. The zero-order chi connectivity index (χ0) is 7.82. The van der Waals surface area contributed by atoms with Crippen LogP contribution in [-0.4, -0.2) is 24.8 Å². The smallest absolute Gasteiger partial charge is 0.269 e. The van der Waals surface area contributed by atoms with Crippen molar-refractivity contribution in [2.45, 2.75) is 33.2 Å². The number of rotatable bonds is 6. The largest absolute Gasteiger partial charge is 0.346 e. The Morgan fingerprint density at radius 3 is 2.50 bits per heavy atom. The van der Waals surface area contributed by atoms with Crippen molar-refractivity contribution in [3.8, 4) is 0 Å². The Bertz CT molecular complexity index is 65.9. The summed E-state index contributed by atoms with van der Waals surface area (Å²) in [5.41, 5.74) is 0. The van der Waals surface area contributed by atoms with Crippen molar-refractivity contribution in [2.24, 2.45) is 0 Å². The van der Waals surface area contributed by atoms with Gasteiger partial charge >= 0.3 is 0 Å². The van der Waals surface area contributed by atoms with Crippen molar-refractivity contribution in [1.82, 2.24) is 0 Å². The lowest BCUT2D eigenvalue weighted by atomic mass is 10.4. The Labute approximate surface area is 62.0 Å². The highest BCUT2D eigenvalue weighted by Gasteiger charge is 1.99. The zero-order valence-corrected chi connectivity index (χ0v) is 6.67. The van der Waals surface area contributed by atoms with Crippen LogP contribution in [0.1, 0.15) is 26.7 Å². The van der Waals surface area contributed by atoms with Crippen molar-refractivity contribution in [3.63, 3.8) is 0 Å². The average Bonchev–Trinajstić information content (AvgIpc) is 1.89. The second-order valence-corrected chi connectivity index (χ2v) is 1.99. The van der Waals surface area contributed by atoms with E-state index in [0.717, 1.165) is 12.8 Å². The van der Waals surface area contributed by atoms with Crippen LogP contribution < -0.4 is 0 Å². The fourth-order valence-corrected chi connectivity index (χ4v) is 0.519. The van der Waals surface area contributed by atoms with E-state index >= 15 is 0 Å². The Kier molecular flexibility index (Phi) is 6.91. The minimum absolute atomic E-state index is 0.479. The third-order valence-corrected chi connectivity index (χ3v) is 1.07. The van der Waals surface area contributed by atoms with Crippen LogP contribution in [0.4, 0.5) is 0 Å². The maximum Gasteiger partial charge on any atom is 0.269 e. The summed E-state index contributed by atoms with van der Waals surface area (Å²) < 4.78 is 9.58. The van der Waals surface area contributed by atoms with Gasteiger partial charge in [0, 0.05) is 6.61 Å². The van der Waals surface area contributed by atoms with Gasteiger partial charge in [-0.2, -0.15) is 0 Å². The summed E-state index contributed by atoms with van der Waals surface area (Å²) in [6, 6.07) is 0. The van der Waals surface area contributed by atoms with Crippen molar-refractivity contribution in [1.29, 1.82) is 0 Å². The van der Waals surface area contributed by atoms with E-state index in [9.17, 15) is 0 Å². The van der Waals surface area contributed by atoms with Crippen molar-refractivity contribution in [2.75, 3.05) is 13.2 Å². The summed E-state index contributed by atoms with van der Waals surface area (Å²) in [6.07, 6.45) is 2.03. The lowest BCUT2D eigenvalue weighted by Gasteiger charge is -2.09. The second-order valence-electron chi connectivity index (χ2n) is 1.99. The SMILES string of the molecule is CCCCOC(O)OCC. The van der Waals surface area contributed by atoms with Gasteiger partial charge in [-0.25, -0.2) is 0 Å². The molecule has 0 heterocycles. The Morgan fingerprint density at radius 2 is 2.00 bits per heavy atom. The number of aliphatic hydroxyl groups excluding tert-OH is 1. The summed E-state index contributed by atoms with van der Waals surface area (Å²) in [7, 11) is 0. The van der Waals surface area contributed by atoms with Crippen LogP contribution in [0.15, 0.2) is 0 Å². The van der Waals surface area contributed by atoms with E-state index in [0.29, 0.717) is 13.2 Å². The highest BCUT2D eigenvalue weighted by molar-refractivity contribution is 4.29. The molecule has 1 atom stereocenters. The standard InChI is InChI=1S/C7H16O3/c1-3-5-6-10-7(8)9-4-2/h7-8H,3-6H2,1-2H3. The van der Waals surface area contributed by atoms with E-state index in [1.54, 1.807) is 0 Å². The van der Waals surface area contributed by atoms with Crippen LogP contribution in [0.5, 0.6) is 0 Å². The Balaban J connectivity index is 2.97. The highest BCUT2D eigenvalue weighted by atomic mass is 16.8.